The molecule has 0 unspecified atom stereocenters. The first-order valence-corrected chi connectivity index (χ1v) is 5.77. The molecule has 3 nitrogen and oxygen atoms in total. The van der Waals surface area contributed by atoms with Gasteiger partial charge in [-0.2, -0.15) is 0 Å². The van der Waals surface area contributed by atoms with Crippen LogP contribution < -0.4 is 0 Å². The van der Waals surface area contributed by atoms with Crippen LogP contribution in [0, 0.1) is 0 Å². The van der Waals surface area contributed by atoms with Crippen LogP contribution in [0.2, 0.25) is 10.0 Å². The minimum absolute atomic E-state index is 0.0146. The molecule has 0 aliphatic carbocycles. The molecule has 18 heavy (non-hydrogen) atoms. The summed E-state index contributed by atoms with van der Waals surface area (Å²) in [6.07, 6.45) is 0. The molecular weight excluding hydrogens is 275 g/mol. The van der Waals surface area contributed by atoms with Crippen molar-refractivity contribution in [3.63, 3.8) is 0 Å². The molecule has 92 valence electrons. The number of hydrogen-bond donors (Lipinski definition) is 2. The lowest BCUT2D eigenvalue weighted by atomic mass is 9.98. The average Bonchev–Trinajstić information content (AvgIpc) is 2.29. The van der Waals surface area contributed by atoms with E-state index in [1.807, 2.05) is 0 Å². The fourth-order valence-corrected chi connectivity index (χ4v) is 2.20. The zero-order valence-corrected chi connectivity index (χ0v) is 10.5. The van der Waals surface area contributed by atoms with E-state index in [0.717, 1.165) is 0 Å². The third-order valence-electron chi connectivity index (χ3n) is 2.47. The van der Waals surface area contributed by atoms with Gasteiger partial charge < -0.3 is 10.2 Å². The molecule has 0 saturated heterocycles. The Morgan fingerprint density at radius 1 is 1.11 bits per heavy atom. The lowest BCUT2D eigenvalue weighted by molar-refractivity contribution is 0.0697. The number of phenolic OH excluding ortho intramolecular Hbond substituents is 1. The van der Waals surface area contributed by atoms with Crippen molar-refractivity contribution >= 4 is 29.2 Å². The van der Waals surface area contributed by atoms with Crippen molar-refractivity contribution in [1.29, 1.82) is 0 Å². The first-order valence-electron chi connectivity index (χ1n) is 5.01. The lowest BCUT2D eigenvalue weighted by Gasteiger charge is -2.10. The number of phenols is 1. The van der Waals surface area contributed by atoms with Crippen LogP contribution >= 0.6 is 23.2 Å². The van der Waals surface area contributed by atoms with Crippen molar-refractivity contribution < 1.29 is 15.0 Å². The Kier molecular flexibility index (Phi) is 3.45. The summed E-state index contributed by atoms with van der Waals surface area (Å²) >= 11 is 11.8. The van der Waals surface area contributed by atoms with Gasteiger partial charge in [-0.1, -0.05) is 35.3 Å². The maximum absolute atomic E-state index is 11.1. The third kappa shape index (κ3) is 2.28. The Hall–Kier alpha value is -1.71. The van der Waals surface area contributed by atoms with Gasteiger partial charge >= 0.3 is 5.97 Å². The van der Waals surface area contributed by atoms with Gasteiger partial charge in [-0.05, 0) is 24.3 Å². The molecule has 5 heteroatoms. The average molecular weight is 283 g/mol. The van der Waals surface area contributed by atoms with Gasteiger partial charge in [0, 0.05) is 16.1 Å². The maximum atomic E-state index is 11.1. The second-order valence-electron chi connectivity index (χ2n) is 3.63. The number of benzene rings is 2. The number of rotatable bonds is 2. The quantitative estimate of drug-likeness (QED) is 0.873. The van der Waals surface area contributed by atoms with Gasteiger partial charge in [0.15, 0.2) is 0 Å². The van der Waals surface area contributed by atoms with Crippen LogP contribution in [-0.2, 0) is 0 Å². The summed E-state index contributed by atoms with van der Waals surface area (Å²) in [4.78, 5) is 11.1. The van der Waals surface area contributed by atoms with Crippen LogP contribution in [-0.4, -0.2) is 16.2 Å². The summed E-state index contributed by atoms with van der Waals surface area (Å²) in [5.41, 5.74) is 0.599. The highest BCUT2D eigenvalue weighted by Gasteiger charge is 2.17. The van der Waals surface area contributed by atoms with Gasteiger partial charge in [0.05, 0.1) is 10.6 Å². The number of hydrogen-bond acceptors (Lipinski definition) is 2. The smallest absolute Gasteiger partial charge is 0.336 e. The van der Waals surface area contributed by atoms with Gasteiger partial charge in [-0.3, -0.25) is 0 Å². The van der Waals surface area contributed by atoms with Crippen LogP contribution in [0.25, 0.3) is 11.1 Å². The molecule has 0 heterocycles. The second-order valence-corrected chi connectivity index (χ2v) is 4.47. The monoisotopic (exact) mass is 282 g/mol. The van der Waals surface area contributed by atoms with Crippen molar-refractivity contribution in [2.45, 2.75) is 0 Å². The molecule has 0 aliphatic rings. The molecule has 0 amide bonds. The molecule has 0 radical (unpaired) electrons. The zero-order chi connectivity index (χ0) is 13.3. The van der Waals surface area contributed by atoms with E-state index in [1.165, 1.54) is 24.3 Å². The molecule has 0 saturated carbocycles. The van der Waals surface area contributed by atoms with Gasteiger partial charge in [-0.15, -0.1) is 0 Å². The van der Waals surface area contributed by atoms with E-state index >= 15 is 0 Å². The summed E-state index contributed by atoms with van der Waals surface area (Å²) in [5, 5.41) is 19.7. The Labute approximate surface area is 113 Å². The summed E-state index contributed by atoms with van der Waals surface area (Å²) in [6, 6.07) is 8.94. The number of carbonyl (C=O) groups is 1. The normalized spacial score (nSPS) is 10.3. The molecule has 0 bridgehead atoms. The maximum Gasteiger partial charge on any atom is 0.336 e. The fourth-order valence-electron chi connectivity index (χ4n) is 1.69. The predicted octanol–water partition coefficient (Wildman–Crippen LogP) is 4.06. The number of carboxylic acid groups (broad SMARTS) is 1. The van der Waals surface area contributed by atoms with Gasteiger partial charge in [0.1, 0.15) is 5.75 Å². The molecule has 2 N–H and O–H groups in total. The first-order chi connectivity index (χ1) is 8.50. The molecule has 0 atom stereocenters. The van der Waals surface area contributed by atoms with E-state index in [4.69, 9.17) is 28.3 Å². The van der Waals surface area contributed by atoms with Crippen molar-refractivity contribution in [3.05, 3.63) is 52.0 Å². The Balaban J connectivity index is 2.74. The Bertz CT molecular complexity index is 624. The Morgan fingerprint density at radius 3 is 2.44 bits per heavy atom. The standard InChI is InChI=1S/C13H8Cl2O3/c14-7-4-5-8(10(15)6-7)12-9(13(17)18)2-1-3-11(12)16/h1-6,16H,(H,17,18). The van der Waals surface area contributed by atoms with E-state index < -0.39 is 5.97 Å². The zero-order valence-electron chi connectivity index (χ0n) is 9.02. The molecule has 0 aliphatic heterocycles. The van der Waals surface area contributed by atoms with Crippen LogP contribution in [0.1, 0.15) is 10.4 Å². The number of halogens is 2. The minimum atomic E-state index is -1.13. The van der Waals surface area contributed by atoms with E-state index in [1.54, 1.807) is 12.1 Å². The third-order valence-corrected chi connectivity index (χ3v) is 3.02. The number of aromatic hydroxyl groups is 1. The van der Waals surface area contributed by atoms with E-state index in [0.29, 0.717) is 10.6 Å². The van der Waals surface area contributed by atoms with Crippen LogP contribution in [0.5, 0.6) is 5.75 Å². The minimum Gasteiger partial charge on any atom is -0.507 e. The van der Waals surface area contributed by atoms with Crippen LogP contribution in [0.4, 0.5) is 0 Å². The summed E-state index contributed by atoms with van der Waals surface area (Å²) in [5.74, 6) is -1.27. The van der Waals surface area contributed by atoms with Crippen molar-refractivity contribution in [3.8, 4) is 16.9 Å². The Morgan fingerprint density at radius 2 is 1.83 bits per heavy atom. The van der Waals surface area contributed by atoms with Crippen molar-refractivity contribution in [1.82, 2.24) is 0 Å². The molecule has 0 fully saturated rings. The number of aromatic carboxylic acids is 1. The van der Waals surface area contributed by atoms with Gasteiger partial charge in [0.25, 0.3) is 0 Å². The van der Waals surface area contributed by atoms with E-state index in [9.17, 15) is 9.90 Å². The van der Waals surface area contributed by atoms with Gasteiger partial charge in [0.2, 0.25) is 0 Å². The summed E-state index contributed by atoms with van der Waals surface area (Å²) in [6.45, 7) is 0. The molecule has 0 spiro atoms. The highest BCUT2D eigenvalue weighted by Crippen LogP contribution is 2.38. The molecule has 2 rings (SSSR count). The number of carboxylic acids is 1. The van der Waals surface area contributed by atoms with Crippen LogP contribution in [0.3, 0.4) is 0 Å². The van der Waals surface area contributed by atoms with Crippen LogP contribution in [0.15, 0.2) is 36.4 Å². The topological polar surface area (TPSA) is 57.5 Å². The molecule has 0 aromatic heterocycles. The second kappa shape index (κ2) is 4.88. The van der Waals surface area contributed by atoms with Crippen molar-refractivity contribution in [2.24, 2.45) is 0 Å². The van der Waals surface area contributed by atoms with Gasteiger partial charge in [-0.25, -0.2) is 4.79 Å². The summed E-state index contributed by atoms with van der Waals surface area (Å²) < 4.78 is 0. The molecule has 2 aromatic rings. The summed E-state index contributed by atoms with van der Waals surface area (Å²) in [7, 11) is 0. The van der Waals surface area contributed by atoms with Crippen molar-refractivity contribution in [2.75, 3.05) is 0 Å². The fraction of sp³-hybridized carbons (Fsp3) is 0. The highest BCUT2D eigenvalue weighted by molar-refractivity contribution is 6.36. The molecule has 2 aromatic carbocycles. The predicted molar refractivity (Wildman–Crippen MR) is 70.5 cm³/mol. The lowest BCUT2D eigenvalue weighted by Crippen LogP contribution is -1.99. The van der Waals surface area contributed by atoms with E-state index in [2.05, 4.69) is 0 Å². The first kappa shape index (κ1) is 12.7. The highest BCUT2D eigenvalue weighted by atomic mass is 35.5. The van der Waals surface area contributed by atoms with E-state index in [-0.39, 0.29) is 21.9 Å². The largest absolute Gasteiger partial charge is 0.507 e. The molecular formula is C13H8Cl2O3. The SMILES string of the molecule is O=C(O)c1cccc(O)c1-c1ccc(Cl)cc1Cl.